The van der Waals surface area contributed by atoms with E-state index >= 15 is 0 Å². The van der Waals surface area contributed by atoms with E-state index in [4.69, 9.17) is 4.74 Å². The molecule has 0 unspecified atom stereocenters. The fraction of sp³-hybridized carbons (Fsp3) is 0.208. The molecule has 1 saturated heterocycles. The molecule has 5 heteroatoms. The van der Waals surface area contributed by atoms with Crippen LogP contribution in [-0.4, -0.2) is 42.1 Å². The van der Waals surface area contributed by atoms with Crippen LogP contribution in [0.2, 0.25) is 0 Å². The van der Waals surface area contributed by atoms with Gasteiger partial charge < -0.3 is 19.6 Å². The predicted octanol–water partition coefficient (Wildman–Crippen LogP) is 3.93. The highest BCUT2D eigenvalue weighted by atomic mass is 16.5. The average molecular weight is 388 g/mol. The Hall–Kier alpha value is -3.47. The van der Waals surface area contributed by atoms with Gasteiger partial charge in [-0.2, -0.15) is 0 Å². The van der Waals surface area contributed by atoms with Gasteiger partial charge in [-0.3, -0.25) is 4.79 Å². The van der Waals surface area contributed by atoms with Gasteiger partial charge in [0.1, 0.15) is 18.1 Å². The van der Waals surface area contributed by atoms with Crippen molar-refractivity contribution in [3.05, 3.63) is 90.0 Å². The number of hydrogen-bond acceptors (Lipinski definition) is 4. The number of ether oxygens (including phenoxy) is 1. The van der Waals surface area contributed by atoms with Crippen molar-refractivity contribution in [2.24, 2.45) is 0 Å². The summed E-state index contributed by atoms with van der Waals surface area (Å²) in [6, 6.07) is 24.5. The number of piperazine rings is 1. The molecule has 1 aliphatic heterocycles. The van der Waals surface area contributed by atoms with Crippen LogP contribution in [0, 0.1) is 0 Å². The number of aromatic hydroxyl groups is 1. The quantitative estimate of drug-likeness (QED) is 0.720. The van der Waals surface area contributed by atoms with Gasteiger partial charge >= 0.3 is 0 Å². The summed E-state index contributed by atoms with van der Waals surface area (Å²) in [5.41, 5.74) is 2.80. The minimum atomic E-state index is 0.0610. The van der Waals surface area contributed by atoms with E-state index in [1.807, 2.05) is 71.6 Å². The second-order valence-electron chi connectivity index (χ2n) is 7.09. The lowest BCUT2D eigenvalue weighted by molar-refractivity contribution is 0.0746. The van der Waals surface area contributed by atoms with Gasteiger partial charge in [0, 0.05) is 37.4 Å². The topological polar surface area (TPSA) is 53.0 Å². The molecule has 1 heterocycles. The molecule has 0 bridgehead atoms. The molecule has 148 valence electrons. The van der Waals surface area contributed by atoms with Crippen molar-refractivity contribution in [1.29, 1.82) is 0 Å². The number of phenolic OH excluding ortho intramolecular Hbond substituents is 1. The molecule has 0 radical (unpaired) electrons. The first-order valence-electron chi connectivity index (χ1n) is 9.79. The Labute approximate surface area is 170 Å². The molecule has 4 rings (SSSR count). The molecule has 29 heavy (non-hydrogen) atoms. The number of anilines is 1. The summed E-state index contributed by atoms with van der Waals surface area (Å²) in [5.74, 6) is 1.16. The van der Waals surface area contributed by atoms with Crippen LogP contribution in [0.1, 0.15) is 15.9 Å². The number of hydrogen-bond donors (Lipinski definition) is 1. The largest absolute Gasteiger partial charge is 0.508 e. The summed E-state index contributed by atoms with van der Waals surface area (Å²) < 4.78 is 5.75. The van der Waals surface area contributed by atoms with E-state index in [0.29, 0.717) is 25.3 Å². The number of benzene rings is 3. The van der Waals surface area contributed by atoms with Crippen molar-refractivity contribution < 1.29 is 14.6 Å². The van der Waals surface area contributed by atoms with Crippen molar-refractivity contribution in [2.45, 2.75) is 6.61 Å². The Morgan fingerprint density at radius 2 is 1.48 bits per heavy atom. The van der Waals surface area contributed by atoms with E-state index in [0.717, 1.165) is 30.1 Å². The molecule has 0 spiro atoms. The van der Waals surface area contributed by atoms with Gasteiger partial charge in [-0.05, 0) is 54.1 Å². The predicted molar refractivity (Wildman–Crippen MR) is 113 cm³/mol. The third kappa shape index (κ3) is 4.69. The van der Waals surface area contributed by atoms with E-state index in [2.05, 4.69) is 4.90 Å². The van der Waals surface area contributed by atoms with Gasteiger partial charge in [0.15, 0.2) is 0 Å². The first-order valence-corrected chi connectivity index (χ1v) is 9.79. The Morgan fingerprint density at radius 1 is 0.828 bits per heavy atom. The highest BCUT2D eigenvalue weighted by Crippen LogP contribution is 2.20. The Kier molecular flexibility index (Phi) is 5.66. The minimum Gasteiger partial charge on any atom is -0.508 e. The van der Waals surface area contributed by atoms with Crippen LogP contribution in [-0.2, 0) is 6.61 Å². The maximum atomic E-state index is 12.8. The second-order valence-corrected chi connectivity index (χ2v) is 7.09. The summed E-state index contributed by atoms with van der Waals surface area (Å²) in [6.07, 6.45) is 0. The zero-order chi connectivity index (χ0) is 20.1. The molecule has 1 aliphatic rings. The Bertz CT molecular complexity index is 932. The third-order valence-electron chi connectivity index (χ3n) is 5.13. The van der Waals surface area contributed by atoms with Crippen LogP contribution < -0.4 is 9.64 Å². The summed E-state index contributed by atoms with van der Waals surface area (Å²) in [4.78, 5) is 16.9. The van der Waals surface area contributed by atoms with Crippen LogP contribution in [0.15, 0.2) is 78.9 Å². The smallest absolute Gasteiger partial charge is 0.253 e. The zero-order valence-corrected chi connectivity index (χ0v) is 16.2. The van der Waals surface area contributed by atoms with Crippen molar-refractivity contribution in [2.75, 3.05) is 31.1 Å². The van der Waals surface area contributed by atoms with Gasteiger partial charge in [0.25, 0.3) is 5.91 Å². The fourth-order valence-corrected chi connectivity index (χ4v) is 3.44. The lowest BCUT2D eigenvalue weighted by atomic mass is 10.1. The molecule has 1 N–H and O–H groups in total. The fourth-order valence-electron chi connectivity index (χ4n) is 3.44. The zero-order valence-electron chi connectivity index (χ0n) is 16.2. The van der Waals surface area contributed by atoms with Gasteiger partial charge in [-0.15, -0.1) is 0 Å². The van der Waals surface area contributed by atoms with E-state index in [9.17, 15) is 9.90 Å². The summed E-state index contributed by atoms with van der Waals surface area (Å²) >= 11 is 0. The van der Waals surface area contributed by atoms with Crippen LogP contribution in [0.3, 0.4) is 0 Å². The first kappa shape index (κ1) is 18.9. The lowest BCUT2D eigenvalue weighted by Gasteiger charge is -2.36. The molecule has 1 amide bonds. The molecule has 0 saturated carbocycles. The third-order valence-corrected chi connectivity index (χ3v) is 5.13. The second kappa shape index (κ2) is 8.69. The van der Waals surface area contributed by atoms with Crippen molar-refractivity contribution in [1.82, 2.24) is 4.90 Å². The van der Waals surface area contributed by atoms with Gasteiger partial charge in [0.05, 0.1) is 0 Å². The normalized spacial score (nSPS) is 13.9. The van der Waals surface area contributed by atoms with Crippen LogP contribution in [0.5, 0.6) is 11.5 Å². The molecule has 3 aromatic carbocycles. The maximum absolute atomic E-state index is 12.8. The number of para-hydroxylation sites is 1. The SMILES string of the molecule is O=C(c1ccc(COc2ccccc2)cc1)N1CCN(c2ccc(O)cc2)CC1. The number of carbonyl (C=O) groups excluding carboxylic acids is 1. The number of phenols is 1. The van der Waals surface area contributed by atoms with Gasteiger partial charge in [-0.25, -0.2) is 0 Å². The lowest BCUT2D eigenvalue weighted by Crippen LogP contribution is -2.48. The van der Waals surface area contributed by atoms with Crippen molar-refractivity contribution in [3.8, 4) is 11.5 Å². The molecule has 0 atom stereocenters. The Morgan fingerprint density at radius 3 is 2.14 bits per heavy atom. The van der Waals surface area contributed by atoms with Crippen LogP contribution in [0.25, 0.3) is 0 Å². The van der Waals surface area contributed by atoms with Crippen LogP contribution >= 0.6 is 0 Å². The standard InChI is InChI=1S/C24H24N2O3/c27-22-12-10-21(11-13-22)25-14-16-26(17-15-25)24(28)20-8-6-19(7-9-20)18-29-23-4-2-1-3-5-23/h1-13,27H,14-18H2. The molecule has 1 fully saturated rings. The molecular weight excluding hydrogens is 364 g/mol. The highest BCUT2D eigenvalue weighted by molar-refractivity contribution is 5.94. The van der Waals surface area contributed by atoms with Crippen LogP contribution in [0.4, 0.5) is 5.69 Å². The molecule has 0 aliphatic carbocycles. The molecular formula is C24H24N2O3. The van der Waals surface area contributed by atoms with Gasteiger partial charge in [0.2, 0.25) is 0 Å². The number of rotatable bonds is 5. The first-order chi connectivity index (χ1) is 14.2. The van der Waals surface area contributed by atoms with E-state index in [1.54, 1.807) is 12.1 Å². The summed E-state index contributed by atoms with van der Waals surface area (Å²) in [6.45, 7) is 3.39. The van der Waals surface area contributed by atoms with Crippen molar-refractivity contribution in [3.63, 3.8) is 0 Å². The minimum absolute atomic E-state index is 0.0610. The number of carbonyl (C=O) groups is 1. The monoisotopic (exact) mass is 388 g/mol. The average Bonchev–Trinajstić information content (AvgIpc) is 2.79. The number of amides is 1. The Balaban J connectivity index is 1.31. The molecule has 3 aromatic rings. The van der Waals surface area contributed by atoms with E-state index < -0.39 is 0 Å². The van der Waals surface area contributed by atoms with E-state index in [1.165, 1.54) is 0 Å². The number of nitrogens with zero attached hydrogens (tertiary/aromatic N) is 2. The summed E-state index contributed by atoms with van der Waals surface area (Å²) in [7, 11) is 0. The summed E-state index contributed by atoms with van der Waals surface area (Å²) in [5, 5.41) is 9.43. The van der Waals surface area contributed by atoms with Crippen molar-refractivity contribution >= 4 is 11.6 Å². The molecule has 0 aromatic heterocycles. The van der Waals surface area contributed by atoms with E-state index in [-0.39, 0.29) is 11.7 Å². The highest BCUT2D eigenvalue weighted by Gasteiger charge is 2.22. The maximum Gasteiger partial charge on any atom is 0.253 e. The van der Waals surface area contributed by atoms with Gasteiger partial charge in [-0.1, -0.05) is 30.3 Å². The molecule has 5 nitrogen and oxygen atoms in total.